The van der Waals surface area contributed by atoms with E-state index >= 15 is 0 Å². The maximum absolute atomic E-state index is 11.8. The van der Waals surface area contributed by atoms with Crippen LogP contribution < -0.4 is 19.9 Å². The van der Waals surface area contributed by atoms with Crippen molar-refractivity contribution in [1.82, 2.24) is 0 Å². The summed E-state index contributed by atoms with van der Waals surface area (Å²) in [6, 6.07) is 2.96. The Hall–Kier alpha value is -1.95. The number of fused-ring (bicyclic) bond motifs is 1. The van der Waals surface area contributed by atoms with Gasteiger partial charge in [0.2, 0.25) is 12.5 Å². The van der Waals surface area contributed by atoms with Crippen LogP contribution in [0.4, 0.5) is 0 Å². The van der Waals surface area contributed by atoms with Crippen molar-refractivity contribution >= 4 is 5.97 Å². The van der Waals surface area contributed by atoms with Crippen molar-refractivity contribution in [2.24, 2.45) is 11.1 Å². The lowest BCUT2D eigenvalue weighted by Gasteiger charge is -2.29. The van der Waals surface area contributed by atoms with Crippen LogP contribution in [-0.2, 0) is 9.53 Å². The number of esters is 1. The number of rotatable bonds is 4. The van der Waals surface area contributed by atoms with Gasteiger partial charge in [-0.25, -0.2) is 0 Å². The van der Waals surface area contributed by atoms with Gasteiger partial charge in [0, 0.05) is 6.04 Å². The Kier molecular flexibility index (Phi) is 3.76. The minimum Gasteiger partial charge on any atom is -0.493 e. The molecule has 0 aromatic heterocycles. The fourth-order valence-corrected chi connectivity index (χ4v) is 2.14. The van der Waals surface area contributed by atoms with Crippen molar-refractivity contribution in [2.45, 2.75) is 19.9 Å². The summed E-state index contributed by atoms with van der Waals surface area (Å²) in [4.78, 5) is 11.8. The lowest BCUT2D eigenvalue weighted by molar-refractivity contribution is -0.152. The van der Waals surface area contributed by atoms with Crippen molar-refractivity contribution < 1.29 is 23.7 Å². The van der Waals surface area contributed by atoms with Crippen LogP contribution in [0.1, 0.15) is 25.5 Å². The smallest absolute Gasteiger partial charge is 0.313 e. The molecule has 0 saturated carbocycles. The van der Waals surface area contributed by atoms with E-state index in [2.05, 4.69) is 0 Å². The van der Waals surface area contributed by atoms with Crippen LogP contribution in [-0.4, -0.2) is 27.0 Å². The minimum atomic E-state index is -0.868. The zero-order valence-electron chi connectivity index (χ0n) is 12.1. The molecule has 20 heavy (non-hydrogen) atoms. The molecule has 0 fully saturated rings. The van der Waals surface area contributed by atoms with Gasteiger partial charge in [0.05, 0.1) is 19.6 Å². The zero-order valence-corrected chi connectivity index (χ0v) is 12.1. The van der Waals surface area contributed by atoms with Gasteiger partial charge in [0.25, 0.3) is 0 Å². The lowest BCUT2D eigenvalue weighted by Crippen LogP contribution is -2.37. The number of nitrogens with two attached hydrogens (primary N) is 1. The molecule has 110 valence electrons. The Morgan fingerprint density at radius 2 is 2.05 bits per heavy atom. The third kappa shape index (κ3) is 2.27. The van der Waals surface area contributed by atoms with Crippen LogP contribution in [0.5, 0.6) is 17.2 Å². The summed E-state index contributed by atoms with van der Waals surface area (Å²) in [6.07, 6.45) is 0. The van der Waals surface area contributed by atoms with E-state index in [-0.39, 0.29) is 12.8 Å². The Morgan fingerprint density at radius 1 is 1.35 bits per heavy atom. The first-order valence-corrected chi connectivity index (χ1v) is 6.23. The van der Waals surface area contributed by atoms with Crippen molar-refractivity contribution in [1.29, 1.82) is 0 Å². The third-order valence-corrected chi connectivity index (χ3v) is 3.53. The van der Waals surface area contributed by atoms with Gasteiger partial charge in [0.15, 0.2) is 11.5 Å². The normalized spacial score (nSPS) is 14.8. The number of carbonyl (C=O) groups excluding carboxylic acids is 1. The SMILES string of the molecule is COC(=O)C(C)(C)[C@H](N)c1cc(OC)c2c(c1)OCO2. The van der Waals surface area contributed by atoms with Crippen molar-refractivity contribution in [3.8, 4) is 17.2 Å². The van der Waals surface area contributed by atoms with E-state index in [1.165, 1.54) is 14.2 Å². The van der Waals surface area contributed by atoms with Crippen LogP contribution in [0.2, 0.25) is 0 Å². The predicted molar refractivity (Wildman–Crippen MR) is 71.8 cm³/mol. The topological polar surface area (TPSA) is 80.0 Å². The summed E-state index contributed by atoms with van der Waals surface area (Å²) in [7, 11) is 2.88. The predicted octanol–water partition coefficient (Wildman–Crippen LogP) is 1.62. The molecule has 2 N–H and O–H groups in total. The van der Waals surface area contributed by atoms with Gasteiger partial charge in [-0.15, -0.1) is 0 Å². The lowest BCUT2D eigenvalue weighted by atomic mass is 9.81. The number of methoxy groups -OCH3 is 2. The summed E-state index contributed by atoms with van der Waals surface area (Å²) < 4.78 is 20.8. The summed E-state index contributed by atoms with van der Waals surface area (Å²) in [5, 5.41) is 0. The Bertz CT molecular complexity index is 527. The van der Waals surface area contributed by atoms with Crippen LogP contribution in [0.25, 0.3) is 0 Å². The van der Waals surface area contributed by atoms with E-state index in [1.54, 1.807) is 26.0 Å². The van der Waals surface area contributed by atoms with Crippen molar-refractivity contribution in [3.63, 3.8) is 0 Å². The number of benzene rings is 1. The van der Waals surface area contributed by atoms with Gasteiger partial charge >= 0.3 is 5.97 Å². The molecule has 1 aliphatic heterocycles. The second kappa shape index (κ2) is 5.20. The van der Waals surface area contributed by atoms with E-state index in [0.717, 1.165) is 5.56 Å². The average Bonchev–Trinajstić information content (AvgIpc) is 2.92. The highest BCUT2D eigenvalue weighted by Gasteiger charge is 2.37. The Morgan fingerprint density at radius 3 is 2.65 bits per heavy atom. The minimum absolute atomic E-state index is 0.144. The van der Waals surface area contributed by atoms with Crippen molar-refractivity contribution in [3.05, 3.63) is 17.7 Å². The van der Waals surface area contributed by atoms with E-state index in [4.69, 9.17) is 24.7 Å². The molecular formula is C14H19NO5. The van der Waals surface area contributed by atoms with Crippen LogP contribution in [0, 0.1) is 5.41 Å². The van der Waals surface area contributed by atoms with E-state index in [9.17, 15) is 4.79 Å². The fourth-order valence-electron chi connectivity index (χ4n) is 2.14. The van der Waals surface area contributed by atoms with Gasteiger partial charge in [-0.05, 0) is 31.5 Å². The van der Waals surface area contributed by atoms with E-state index in [0.29, 0.717) is 17.2 Å². The second-order valence-electron chi connectivity index (χ2n) is 5.15. The molecule has 0 spiro atoms. The second-order valence-corrected chi connectivity index (χ2v) is 5.15. The maximum Gasteiger partial charge on any atom is 0.313 e. The molecule has 0 bridgehead atoms. The van der Waals surface area contributed by atoms with Crippen LogP contribution >= 0.6 is 0 Å². The number of carbonyl (C=O) groups is 1. The summed E-state index contributed by atoms with van der Waals surface area (Å²) in [6.45, 7) is 3.62. The maximum atomic E-state index is 11.8. The molecule has 0 aliphatic carbocycles. The number of hydrogen-bond donors (Lipinski definition) is 1. The molecule has 2 rings (SSSR count). The summed E-state index contributed by atoms with van der Waals surface area (Å²) in [5.41, 5.74) is 6.07. The van der Waals surface area contributed by atoms with Gasteiger partial charge < -0.3 is 24.7 Å². The van der Waals surface area contributed by atoms with Gasteiger partial charge in [-0.2, -0.15) is 0 Å². The highest BCUT2D eigenvalue weighted by molar-refractivity contribution is 5.77. The third-order valence-electron chi connectivity index (χ3n) is 3.53. The Labute approximate surface area is 117 Å². The zero-order chi connectivity index (χ0) is 14.9. The molecule has 0 amide bonds. The fraction of sp³-hybridized carbons (Fsp3) is 0.500. The highest BCUT2D eigenvalue weighted by atomic mass is 16.7. The molecule has 1 aliphatic rings. The van der Waals surface area contributed by atoms with E-state index in [1.807, 2.05) is 0 Å². The Balaban J connectivity index is 2.40. The molecule has 0 radical (unpaired) electrons. The molecule has 1 atom stereocenters. The molecular weight excluding hydrogens is 262 g/mol. The molecule has 0 saturated heterocycles. The first kappa shape index (κ1) is 14.5. The van der Waals surface area contributed by atoms with Gasteiger partial charge in [-0.1, -0.05) is 0 Å². The number of ether oxygens (including phenoxy) is 4. The van der Waals surface area contributed by atoms with Crippen LogP contribution in [0.3, 0.4) is 0 Å². The van der Waals surface area contributed by atoms with Gasteiger partial charge in [-0.3, -0.25) is 4.79 Å². The number of hydrogen-bond acceptors (Lipinski definition) is 6. The molecule has 1 heterocycles. The van der Waals surface area contributed by atoms with Crippen molar-refractivity contribution in [2.75, 3.05) is 21.0 Å². The molecule has 1 aromatic carbocycles. The largest absolute Gasteiger partial charge is 0.493 e. The first-order chi connectivity index (χ1) is 9.41. The van der Waals surface area contributed by atoms with E-state index < -0.39 is 11.5 Å². The first-order valence-electron chi connectivity index (χ1n) is 6.23. The quantitative estimate of drug-likeness (QED) is 0.845. The summed E-state index contributed by atoms with van der Waals surface area (Å²) >= 11 is 0. The standard InChI is InChI=1S/C14H19NO5/c1-14(2,13(16)18-4)12(15)8-5-9(17-3)11-10(6-8)19-7-20-11/h5-6,12H,7,15H2,1-4H3/t12-/m1/s1. The molecule has 6 nitrogen and oxygen atoms in total. The van der Waals surface area contributed by atoms with Gasteiger partial charge in [0.1, 0.15) is 0 Å². The summed E-state index contributed by atoms with van der Waals surface area (Å²) in [5.74, 6) is 1.28. The molecule has 0 unspecified atom stereocenters. The molecule has 1 aromatic rings. The molecule has 6 heteroatoms. The van der Waals surface area contributed by atoms with Crippen LogP contribution in [0.15, 0.2) is 12.1 Å². The monoisotopic (exact) mass is 281 g/mol. The average molecular weight is 281 g/mol. The highest BCUT2D eigenvalue weighted by Crippen LogP contribution is 2.45.